The van der Waals surface area contributed by atoms with E-state index in [1.807, 2.05) is 35.2 Å². The first-order valence-corrected chi connectivity index (χ1v) is 9.94. The van der Waals surface area contributed by atoms with Gasteiger partial charge in [-0.1, -0.05) is 44.2 Å². The van der Waals surface area contributed by atoms with Crippen molar-refractivity contribution in [2.45, 2.75) is 46.1 Å². The quantitative estimate of drug-likeness (QED) is 0.851. The topological polar surface area (TPSA) is 79.4 Å². The summed E-state index contributed by atoms with van der Waals surface area (Å²) in [6.07, 6.45) is 2.57. The lowest BCUT2D eigenvalue weighted by atomic mass is 9.60. The first-order valence-electron chi connectivity index (χ1n) is 9.94. The molecule has 0 amide bonds. The Labute approximate surface area is 166 Å². The fourth-order valence-electron chi connectivity index (χ4n) is 5.04. The third-order valence-corrected chi connectivity index (χ3v) is 6.32. The molecular weight excluding hydrogens is 350 g/mol. The zero-order valence-electron chi connectivity index (χ0n) is 16.6. The lowest BCUT2D eigenvalue weighted by molar-refractivity contribution is -0.120. The molecule has 0 bridgehead atoms. The minimum Gasteiger partial charge on any atom is -0.384 e. The zero-order valence-corrected chi connectivity index (χ0v) is 16.6. The molecule has 1 fully saturated rings. The van der Waals surface area contributed by atoms with E-state index in [-0.39, 0.29) is 11.2 Å². The van der Waals surface area contributed by atoms with E-state index in [0.29, 0.717) is 50.4 Å². The molecule has 146 valence electrons. The molecular formula is C23H27N3O2. The second-order valence-corrected chi connectivity index (χ2v) is 8.90. The molecule has 2 aliphatic heterocycles. The van der Waals surface area contributed by atoms with Crippen LogP contribution in [0.5, 0.6) is 0 Å². The number of Topliss-reactive ketones (excluding diaryl/α,β-unsaturated/α-hetero) is 1. The maximum Gasteiger partial charge on any atom is 0.162 e. The third kappa shape index (κ3) is 2.93. The van der Waals surface area contributed by atoms with Crippen LogP contribution in [-0.4, -0.2) is 23.9 Å². The van der Waals surface area contributed by atoms with Crippen LogP contribution in [0.3, 0.4) is 0 Å². The second-order valence-electron chi connectivity index (χ2n) is 8.90. The fourth-order valence-corrected chi connectivity index (χ4v) is 5.04. The average molecular weight is 377 g/mol. The van der Waals surface area contributed by atoms with Gasteiger partial charge in [0, 0.05) is 42.9 Å². The minimum atomic E-state index is -0.590. The van der Waals surface area contributed by atoms with Gasteiger partial charge in [0.25, 0.3) is 0 Å². The number of nitrogens with zero attached hydrogens (tertiary/aromatic N) is 2. The molecule has 2 N–H and O–H groups in total. The number of nitriles is 1. The highest BCUT2D eigenvalue weighted by molar-refractivity contribution is 6.00. The summed E-state index contributed by atoms with van der Waals surface area (Å²) in [5.41, 5.74) is 9.38. The second kappa shape index (κ2) is 6.79. The molecule has 0 radical (unpaired) electrons. The third-order valence-electron chi connectivity index (χ3n) is 6.32. The van der Waals surface area contributed by atoms with Crippen molar-refractivity contribution < 1.29 is 9.53 Å². The first kappa shape index (κ1) is 18.8. The van der Waals surface area contributed by atoms with Crippen LogP contribution in [0.4, 0.5) is 0 Å². The van der Waals surface area contributed by atoms with E-state index in [1.165, 1.54) is 0 Å². The summed E-state index contributed by atoms with van der Waals surface area (Å²) in [5, 5.41) is 10.1. The molecule has 1 aromatic rings. The van der Waals surface area contributed by atoms with Gasteiger partial charge in [0.05, 0.1) is 11.6 Å². The summed E-state index contributed by atoms with van der Waals surface area (Å²) in [5.74, 6) is 0.656. The Morgan fingerprint density at radius 1 is 1.18 bits per heavy atom. The number of carbonyl (C=O) groups is 1. The van der Waals surface area contributed by atoms with Crippen LogP contribution in [0.15, 0.2) is 53.0 Å². The number of ether oxygens (including phenoxy) is 1. The summed E-state index contributed by atoms with van der Waals surface area (Å²) in [7, 11) is 0. The molecule has 28 heavy (non-hydrogen) atoms. The summed E-state index contributed by atoms with van der Waals surface area (Å²) in [6, 6.07) is 12.4. The van der Waals surface area contributed by atoms with Crippen molar-refractivity contribution in [2.75, 3.05) is 13.2 Å². The van der Waals surface area contributed by atoms with Crippen LogP contribution in [0.1, 0.15) is 45.1 Å². The molecule has 0 aromatic heterocycles. The SMILES string of the molecule is CC1(C)CC(=O)C2=C(C1)N(Cc1ccccc1)C(N)=C(C#N)C21CCOCC1. The predicted octanol–water partition coefficient (Wildman–Crippen LogP) is 3.64. The maximum absolute atomic E-state index is 13.4. The fraction of sp³-hybridized carbons (Fsp3) is 0.478. The largest absolute Gasteiger partial charge is 0.384 e. The van der Waals surface area contributed by atoms with Crippen molar-refractivity contribution in [2.24, 2.45) is 16.6 Å². The molecule has 1 aromatic carbocycles. The van der Waals surface area contributed by atoms with Gasteiger partial charge in [-0.05, 0) is 30.2 Å². The van der Waals surface area contributed by atoms with Gasteiger partial charge in [-0.2, -0.15) is 5.26 Å². The van der Waals surface area contributed by atoms with Crippen molar-refractivity contribution in [1.29, 1.82) is 5.26 Å². The number of allylic oxidation sites excluding steroid dienone is 3. The number of rotatable bonds is 2. The molecule has 0 atom stereocenters. The van der Waals surface area contributed by atoms with Crippen LogP contribution in [0.2, 0.25) is 0 Å². The number of carbonyl (C=O) groups excluding carboxylic acids is 1. The van der Waals surface area contributed by atoms with Crippen molar-refractivity contribution >= 4 is 5.78 Å². The van der Waals surface area contributed by atoms with Gasteiger partial charge in [0.15, 0.2) is 5.78 Å². The molecule has 1 spiro atoms. The number of ketones is 1. The van der Waals surface area contributed by atoms with Gasteiger partial charge in [-0.15, -0.1) is 0 Å². The first-order chi connectivity index (χ1) is 13.4. The van der Waals surface area contributed by atoms with E-state index < -0.39 is 5.41 Å². The molecule has 0 saturated carbocycles. The Morgan fingerprint density at radius 3 is 2.50 bits per heavy atom. The van der Waals surface area contributed by atoms with Crippen LogP contribution < -0.4 is 5.73 Å². The van der Waals surface area contributed by atoms with E-state index in [9.17, 15) is 10.1 Å². The summed E-state index contributed by atoms with van der Waals surface area (Å²) < 4.78 is 5.58. The molecule has 0 unspecified atom stereocenters. The van der Waals surface area contributed by atoms with Crippen molar-refractivity contribution in [3.63, 3.8) is 0 Å². The highest BCUT2D eigenvalue weighted by atomic mass is 16.5. The predicted molar refractivity (Wildman–Crippen MR) is 106 cm³/mol. The van der Waals surface area contributed by atoms with E-state index in [1.54, 1.807) is 0 Å². The van der Waals surface area contributed by atoms with Gasteiger partial charge in [0.2, 0.25) is 0 Å². The molecule has 1 saturated heterocycles. The van der Waals surface area contributed by atoms with E-state index in [2.05, 4.69) is 19.9 Å². The number of nitrogens with two attached hydrogens (primary N) is 1. The summed E-state index contributed by atoms with van der Waals surface area (Å²) in [6.45, 7) is 5.92. The Hall–Kier alpha value is -2.58. The van der Waals surface area contributed by atoms with Crippen LogP contribution in [0.25, 0.3) is 0 Å². The summed E-state index contributed by atoms with van der Waals surface area (Å²) in [4.78, 5) is 15.4. The Balaban J connectivity index is 1.90. The number of hydrogen-bond donors (Lipinski definition) is 1. The highest BCUT2D eigenvalue weighted by Gasteiger charge is 2.52. The van der Waals surface area contributed by atoms with E-state index in [0.717, 1.165) is 23.3 Å². The molecule has 4 rings (SSSR count). The van der Waals surface area contributed by atoms with Crippen molar-refractivity contribution in [1.82, 2.24) is 4.90 Å². The van der Waals surface area contributed by atoms with Crippen LogP contribution >= 0.6 is 0 Å². The Kier molecular flexibility index (Phi) is 4.55. The number of benzene rings is 1. The van der Waals surface area contributed by atoms with E-state index in [4.69, 9.17) is 10.5 Å². The van der Waals surface area contributed by atoms with Gasteiger partial charge in [-0.25, -0.2) is 0 Å². The van der Waals surface area contributed by atoms with Gasteiger partial charge in [-0.3, -0.25) is 4.79 Å². The molecule has 1 aliphatic carbocycles. The highest BCUT2D eigenvalue weighted by Crippen LogP contribution is 2.55. The van der Waals surface area contributed by atoms with Crippen molar-refractivity contribution in [3.05, 3.63) is 58.6 Å². The smallest absolute Gasteiger partial charge is 0.162 e. The molecule has 5 nitrogen and oxygen atoms in total. The summed E-state index contributed by atoms with van der Waals surface area (Å²) >= 11 is 0. The van der Waals surface area contributed by atoms with Crippen molar-refractivity contribution in [3.8, 4) is 6.07 Å². The molecule has 2 heterocycles. The maximum atomic E-state index is 13.4. The standard InChI is InChI=1S/C23H27N3O2/c1-22(2)12-18-20(19(27)13-22)23(8-10-28-11-9-23)17(14-24)21(25)26(18)15-16-6-4-3-5-7-16/h3-7H,8-13,15,25H2,1-2H3. The zero-order chi connectivity index (χ0) is 19.9. The van der Waals surface area contributed by atoms with Gasteiger partial charge < -0.3 is 15.4 Å². The van der Waals surface area contributed by atoms with Gasteiger partial charge >= 0.3 is 0 Å². The minimum absolute atomic E-state index is 0.123. The normalized spacial score (nSPS) is 23.6. The number of hydrogen-bond acceptors (Lipinski definition) is 5. The molecule has 3 aliphatic rings. The molecule has 5 heteroatoms. The van der Waals surface area contributed by atoms with Crippen LogP contribution in [0, 0.1) is 22.2 Å². The average Bonchev–Trinajstić information content (AvgIpc) is 2.66. The van der Waals surface area contributed by atoms with Crippen LogP contribution in [-0.2, 0) is 16.1 Å². The van der Waals surface area contributed by atoms with E-state index >= 15 is 0 Å². The lowest BCUT2D eigenvalue weighted by Crippen LogP contribution is -2.49. The lowest BCUT2D eigenvalue weighted by Gasteiger charge is -2.50. The Bertz CT molecular complexity index is 900. The monoisotopic (exact) mass is 377 g/mol. The number of fused-ring (bicyclic) bond motifs is 1. The Morgan fingerprint density at radius 2 is 1.86 bits per heavy atom. The van der Waals surface area contributed by atoms with Gasteiger partial charge in [0.1, 0.15) is 5.82 Å².